The van der Waals surface area contributed by atoms with Gasteiger partial charge in [-0.1, -0.05) is 12.1 Å². The molecule has 18 heavy (non-hydrogen) atoms. The minimum Gasteiger partial charge on any atom is -0.489 e. The van der Waals surface area contributed by atoms with E-state index in [9.17, 15) is 5.11 Å². The lowest BCUT2D eigenvalue weighted by atomic mass is 10.2. The largest absolute Gasteiger partial charge is 0.489 e. The summed E-state index contributed by atoms with van der Waals surface area (Å²) in [6.45, 7) is 2.56. The van der Waals surface area contributed by atoms with Crippen LogP contribution in [-0.4, -0.2) is 29.3 Å². The van der Waals surface area contributed by atoms with E-state index in [1.165, 1.54) is 0 Å². The van der Waals surface area contributed by atoms with E-state index >= 15 is 0 Å². The number of para-hydroxylation sites is 2. The Balaban J connectivity index is 2.08. The van der Waals surface area contributed by atoms with Gasteiger partial charge in [-0.05, 0) is 19.1 Å². The molecule has 1 aliphatic rings. The van der Waals surface area contributed by atoms with Crippen LogP contribution in [0.25, 0.3) is 0 Å². The average Bonchev–Trinajstić information content (AvgIpc) is 2.83. The second kappa shape index (κ2) is 4.59. The third-order valence-electron chi connectivity index (χ3n) is 2.95. The highest BCUT2D eigenvalue weighted by Crippen LogP contribution is 2.40. The topological polar surface area (TPSA) is 45.6 Å². The number of hydrogen-bond acceptors (Lipinski definition) is 5. The Labute approximate surface area is 109 Å². The van der Waals surface area contributed by atoms with Gasteiger partial charge in [0.2, 0.25) is 0 Å². The smallest absolute Gasteiger partial charge is 0.190 e. The summed E-state index contributed by atoms with van der Waals surface area (Å²) in [7, 11) is 0. The number of aliphatic hydroxyl groups is 1. The van der Waals surface area contributed by atoms with Gasteiger partial charge in [0.05, 0.1) is 18.3 Å². The zero-order valence-electron chi connectivity index (χ0n) is 10.0. The molecule has 3 rings (SSSR count). The molecule has 1 atom stereocenters. The number of anilines is 2. The maximum atomic E-state index is 9.51. The normalized spacial score (nSPS) is 18.3. The average molecular weight is 262 g/mol. The Kier molecular flexibility index (Phi) is 2.93. The van der Waals surface area contributed by atoms with Crippen LogP contribution in [0.4, 0.5) is 10.8 Å². The number of thiazole rings is 1. The molecule has 0 unspecified atom stereocenters. The summed E-state index contributed by atoms with van der Waals surface area (Å²) in [4.78, 5) is 7.64. The summed E-state index contributed by atoms with van der Waals surface area (Å²) in [6, 6.07) is 7.77. The molecule has 0 saturated carbocycles. The van der Waals surface area contributed by atoms with Crippen LogP contribution in [0, 0.1) is 6.92 Å². The fourth-order valence-corrected chi connectivity index (χ4v) is 2.93. The van der Waals surface area contributed by atoms with Gasteiger partial charge in [-0.25, -0.2) is 4.98 Å². The van der Waals surface area contributed by atoms with Crippen LogP contribution in [0.15, 0.2) is 30.5 Å². The van der Waals surface area contributed by atoms with Crippen LogP contribution in [0.5, 0.6) is 5.75 Å². The first-order valence-corrected chi connectivity index (χ1v) is 6.65. The van der Waals surface area contributed by atoms with E-state index < -0.39 is 0 Å². The van der Waals surface area contributed by atoms with E-state index in [2.05, 4.69) is 9.88 Å². The van der Waals surface area contributed by atoms with Crippen molar-refractivity contribution < 1.29 is 9.84 Å². The molecule has 1 aliphatic heterocycles. The van der Waals surface area contributed by atoms with Crippen molar-refractivity contribution in [2.75, 3.05) is 18.1 Å². The lowest BCUT2D eigenvalue weighted by molar-refractivity contribution is 0.195. The summed E-state index contributed by atoms with van der Waals surface area (Å²) in [5, 5.41) is 10.4. The Morgan fingerprint density at radius 3 is 3.06 bits per heavy atom. The van der Waals surface area contributed by atoms with Crippen LogP contribution in [0.1, 0.15) is 4.88 Å². The quantitative estimate of drug-likeness (QED) is 0.902. The van der Waals surface area contributed by atoms with Crippen molar-refractivity contribution in [2.45, 2.75) is 13.0 Å². The number of hydrogen-bond donors (Lipinski definition) is 1. The molecule has 2 heterocycles. The number of aromatic nitrogens is 1. The van der Waals surface area contributed by atoms with Crippen molar-refractivity contribution in [3.63, 3.8) is 0 Å². The molecule has 0 bridgehead atoms. The SMILES string of the molecule is Cc1cnc(N2c3ccccc3OC[C@@H]2CO)s1. The number of ether oxygens (including phenoxy) is 1. The number of benzene rings is 1. The summed E-state index contributed by atoms with van der Waals surface area (Å²) in [5.74, 6) is 0.843. The third-order valence-corrected chi connectivity index (χ3v) is 3.86. The van der Waals surface area contributed by atoms with Crippen molar-refractivity contribution in [2.24, 2.45) is 0 Å². The van der Waals surface area contributed by atoms with Gasteiger partial charge in [-0.3, -0.25) is 0 Å². The molecule has 0 spiro atoms. The summed E-state index contributed by atoms with van der Waals surface area (Å²) < 4.78 is 5.66. The minimum atomic E-state index is -0.0783. The van der Waals surface area contributed by atoms with Crippen LogP contribution in [-0.2, 0) is 0 Å². The monoisotopic (exact) mass is 262 g/mol. The molecule has 5 heteroatoms. The van der Waals surface area contributed by atoms with E-state index in [-0.39, 0.29) is 12.6 Å². The Morgan fingerprint density at radius 2 is 2.33 bits per heavy atom. The minimum absolute atomic E-state index is 0.0486. The van der Waals surface area contributed by atoms with Gasteiger partial charge < -0.3 is 14.7 Å². The van der Waals surface area contributed by atoms with Gasteiger partial charge in [-0.2, -0.15) is 0 Å². The molecule has 0 amide bonds. The van der Waals surface area contributed by atoms with E-state index in [0.29, 0.717) is 6.61 Å². The van der Waals surface area contributed by atoms with Gasteiger partial charge in [0, 0.05) is 11.1 Å². The first-order chi connectivity index (χ1) is 8.79. The van der Waals surface area contributed by atoms with E-state index in [1.54, 1.807) is 11.3 Å². The fraction of sp³-hybridized carbons (Fsp3) is 0.308. The number of nitrogens with zero attached hydrogens (tertiary/aromatic N) is 2. The number of fused-ring (bicyclic) bond motifs is 1. The number of rotatable bonds is 2. The molecule has 4 nitrogen and oxygen atoms in total. The number of aryl methyl sites for hydroxylation is 1. The second-order valence-electron chi connectivity index (χ2n) is 4.24. The molecule has 0 radical (unpaired) electrons. The maximum Gasteiger partial charge on any atom is 0.190 e. The summed E-state index contributed by atoms with van der Waals surface area (Å²) in [5.41, 5.74) is 0.970. The molecular formula is C13H14N2O2S. The van der Waals surface area contributed by atoms with Gasteiger partial charge in [-0.15, -0.1) is 11.3 Å². The lowest BCUT2D eigenvalue weighted by Crippen LogP contribution is -2.42. The predicted octanol–water partition coefficient (Wildman–Crippen LogP) is 2.34. The number of aliphatic hydroxyl groups excluding tert-OH is 1. The molecular weight excluding hydrogens is 248 g/mol. The standard InChI is InChI=1S/C13H14N2O2S/c1-9-6-14-13(18-9)15-10(7-16)8-17-12-5-3-2-4-11(12)15/h2-6,10,16H,7-8H2,1H3/t10-/m0/s1. The summed E-state index contributed by atoms with van der Waals surface area (Å²) in [6.07, 6.45) is 1.85. The Bertz CT molecular complexity index is 555. The van der Waals surface area contributed by atoms with Crippen molar-refractivity contribution in [3.8, 4) is 5.75 Å². The molecule has 1 N–H and O–H groups in total. The highest BCUT2D eigenvalue weighted by molar-refractivity contribution is 7.15. The third kappa shape index (κ3) is 1.85. The molecule has 2 aromatic rings. The van der Waals surface area contributed by atoms with Crippen molar-refractivity contribution in [3.05, 3.63) is 35.3 Å². The molecule has 0 aliphatic carbocycles. The van der Waals surface area contributed by atoms with Crippen LogP contribution < -0.4 is 9.64 Å². The van der Waals surface area contributed by atoms with Crippen molar-refractivity contribution in [1.29, 1.82) is 0 Å². The molecule has 1 aromatic carbocycles. The molecule has 94 valence electrons. The van der Waals surface area contributed by atoms with Gasteiger partial charge in [0.25, 0.3) is 0 Å². The highest BCUT2D eigenvalue weighted by atomic mass is 32.1. The van der Waals surface area contributed by atoms with Crippen LogP contribution >= 0.6 is 11.3 Å². The molecule has 0 saturated heterocycles. The zero-order valence-corrected chi connectivity index (χ0v) is 10.9. The Morgan fingerprint density at radius 1 is 1.50 bits per heavy atom. The van der Waals surface area contributed by atoms with Crippen molar-refractivity contribution >= 4 is 22.2 Å². The van der Waals surface area contributed by atoms with E-state index in [0.717, 1.165) is 21.4 Å². The molecule has 0 fully saturated rings. The summed E-state index contributed by atoms with van der Waals surface area (Å²) >= 11 is 1.63. The van der Waals surface area contributed by atoms with Gasteiger partial charge >= 0.3 is 0 Å². The first kappa shape index (κ1) is 11.5. The van der Waals surface area contributed by atoms with Gasteiger partial charge in [0.15, 0.2) is 5.13 Å². The van der Waals surface area contributed by atoms with Crippen molar-refractivity contribution in [1.82, 2.24) is 4.98 Å². The van der Waals surface area contributed by atoms with Crippen LogP contribution in [0.3, 0.4) is 0 Å². The second-order valence-corrected chi connectivity index (χ2v) is 5.45. The van der Waals surface area contributed by atoms with E-state index in [1.807, 2.05) is 37.4 Å². The highest BCUT2D eigenvalue weighted by Gasteiger charge is 2.29. The maximum absolute atomic E-state index is 9.51. The van der Waals surface area contributed by atoms with Gasteiger partial charge in [0.1, 0.15) is 12.4 Å². The molecule has 1 aromatic heterocycles. The fourth-order valence-electron chi connectivity index (χ4n) is 2.08. The predicted molar refractivity (Wildman–Crippen MR) is 71.8 cm³/mol. The first-order valence-electron chi connectivity index (χ1n) is 5.84. The van der Waals surface area contributed by atoms with Crippen LogP contribution in [0.2, 0.25) is 0 Å². The van der Waals surface area contributed by atoms with E-state index in [4.69, 9.17) is 4.74 Å². The lowest BCUT2D eigenvalue weighted by Gasteiger charge is -2.35. The zero-order chi connectivity index (χ0) is 12.5. The Hall–Kier alpha value is -1.59.